The van der Waals surface area contributed by atoms with Gasteiger partial charge in [0.25, 0.3) is 0 Å². The average Bonchev–Trinajstić information content (AvgIpc) is 2.61. The molecular formula is C20H27NO2. The standard InChI is InChI=1S/C20H27NO2/c1-2-19(21(13-15-22)14-16-23)20(17-9-5-3-6-10-17)18-11-7-4-8-12-18/h3-12,19-20,22-23H,2,13-16H2,1H3/t19-/m1/s1. The Morgan fingerprint density at radius 1 is 0.783 bits per heavy atom. The molecule has 3 heteroatoms. The smallest absolute Gasteiger partial charge is 0.0558 e. The van der Waals surface area contributed by atoms with Crippen LogP contribution in [0.1, 0.15) is 30.4 Å². The van der Waals surface area contributed by atoms with Crippen molar-refractivity contribution in [3.05, 3.63) is 71.8 Å². The molecule has 0 radical (unpaired) electrons. The van der Waals surface area contributed by atoms with E-state index in [-0.39, 0.29) is 25.2 Å². The molecule has 0 saturated heterocycles. The number of aliphatic hydroxyl groups excluding tert-OH is 2. The van der Waals surface area contributed by atoms with Crippen molar-refractivity contribution in [1.82, 2.24) is 4.90 Å². The summed E-state index contributed by atoms with van der Waals surface area (Å²) in [5.41, 5.74) is 2.54. The maximum Gasteiger partial charge on any atom is 0.0558 e. The zero-order valence-electron chi connectivity index (χ0n) is 13.8. The van der Waals surface area contributed by atoms with E-state index < -0.39 is 0 Å². The molecule has 2 aromatic carbocycles. The molecule has 0 saturated carbocycles. The highest BCUT2D eigenvalue weighted by Gasteiger charge is 2.28. The topological polar surface area (TPSA) is 43.7 Å². The predicted molar refractivity (Wildman–Crippen MR) is 94.6 cm³/mol. The van der Waals surface area contributed by atoms with E-state index in [2.05, 4.69) is 60.4 Å². The molecule has 2 aromatic rings. The van der Waals surface area contributed by atoms with E-state index >= 15 is 0 Å². The molecule has 2 rings (SSSR count). The molecule has 124 valence electrons. The van der Waals surface area contributed by atoms with Crippen molar-refractivity contribution in [2.45, 2.75) is 25.3 Å². The predicted octanol–water partition coefficient (Wildman–Crippen LogP) is 2.88. The van der Waals surface area contributed by atoms with Gasteiger partial charge in [-0.1, -0.05) is 67.6 Å². The largest absolute Gasteiger partial charge is 0.395 e. The van der Waals surface area contributed by atoms with Crippen LogP contribution >= 0.6 is 0 Å². The van der Waals surface area contributed by atoms with Gasteiger partial charge in [-0.15, -0.1) is 0 Å². The minimum absolute atomic E-state index is 0.104. The Bertz CT molecular complexity index is 499. The van der Waals surface area contributed by atoms with Gasteiger partial charge in [0.2, 0.25) is 0 Å². The van der Waals surface area contributed by atoms with Gasteiger partial charge in [0, 0.05) is 25.0 Å². The van der Waals surface area contributed by atoms with Crippen molar-refractivity contribution in [2.75, 3.05) is 26.3 Å². The van der Waals surface area contributed by atoms with Crippen molar-refractivity contribution in [3.63, 3.8) is 0 Å². The normalized spacial score (nSPS) is 12.7. The lowest BCUT2D eigenvalue weighted by Crippen LogP contribution is -2.43. The molecule has 0 unspecified atom stereocenters. The van der Waals surface area contributed by atoms with Gasteiger partial charge in [0.15, 0.2) is 0 Å². The quantitative estimate of drug-likeness (QED) is 0.748. The van der Waals surface area contributed by atoms with Crippen LogP contribution in [0.15, 0.2) is 60.7 Å². The lowest BCUT2D eigenvalue weighted by atomic mass is 9.83. The van der Waals surface area contributed by atoms with Crippen LogP contribution in [0, 0.1) is 0 Å². The van der Waals surface area contributed by atoms with Crippen LogP contribution in [0.5, 0.6) is 0 Å². The number of hydrogen-bond acceptors (Lipinski definition) is 3. The minimum atomic E-state index is 0.104. The van der Waals surface area contributed by atoms with Crippen LogP contribution in [-0.4, -0.2) is 47.5 Å². The highest BCUT2D eigenvalue weighted by Crippen LogP contribution is 2.32. The van der Waals surface area contributed by atoms with E-state index in [1.54, 1.807) is 0 Å². The zero-order valence-corrected chi connectivity index (χ0v) is 13.8. The number of hydrogen-bond donors (Lipinski definition) is 2. The SMILES string of the molecule is CC[C@H](C(c1ccccc1)c1ccccc1)N(CCO)CCO. The Hall–Kier alpha value is -1.68. The van der Waals surface area contributed by atoms with E-state index in [1.165, 1.54) is 11.1 Å². The van der Waals surface area contributed by atoms with E-state index in [0.717, 1.165) is 6.42 Å². The third-order valence-electron chi connectivity index (χ3n) is 4.36. The summed E-state index contributed by atoms with van der Waals surface area (Å²) in [5.74, 6) is 0.223. The first-order chi connectivity index (χ1) is 11.3. The maximum absolute atomic E-state index is 9.41. The van der Waals surface area contributed by atoms with Crippen molar-refractivity contribution in [3.8, 4) is 0 Å². The molecule has 0 heterocycles. The van der Waals surface area contributed by atoms with E-state index in [1.807, 2.05) is 12.1 Å². The third kappa shape index (κ3) is 4.64. The van der Waals surface area contributed by atoms with Crippen molar-refractivity contribution >= 4 is 0 Å². The number of aliphatic hydroxyl groups is 2. The molecule has 0 aliphatic carbocycles. The molecule has 0 aliphatic rings. The molecule has 3 nitrogen and oxygen atoms in total. The second-order valence-electron chi connectivity index (χ2n) is 5.76. The van der Waals surface area contributed by atoms with Gasteiger partial charge in [-0.25, -0.2) is 0 Å². The van der Waals surface area contributed by atoms with Crippen molar-refractivity contribution in [2.24, 2.45) is 0 Å². The summed E-state index contributed by atoms with van der Waals surface area (Å²) in [7, 11) is 0. The Kier molecular flexibility index (Phi) is 7.27. The summed E-state index contributed by atoms with van der Waals surface area (Å²) in [6.07, 6.45) is 0.953. The van der Waals surface area contributed by atoms with Gasteiger partial charge < -0.3 is 10.2 Å². The maximum atomic E-state index is 9.41. The zero-order chi connectivity index (χ0) is 16.5. The first-order valence-corrected chi connectivity index (χ1v) is 8.37. The van der Waals surface area contributed by atoms with Crippen molar-refractivity contribution < 1.29 is 10.2 Å². The Balaban J connectivity index is 2.42. The Labute approximate surface area is 139 Å². The molecule has 0 bridgehead atoms. The summed E-state index contributed by atoms with van der Waals surface area (Å²) in [5, 5.41) is 18.8. The molecular weight excluding hydrogens is 286 g/mol. The van der Waals surface area contributed by atoms with Crippen LogP contribution in [0.4, 0.5) is 0 Å². The third-order valence-corrected chi connectivity index (χ3v) is 4.36. The van der Waals surface area contributed by atoms with E-state index in [9.17, 15) is 10.2 Å². The van der Waals surface area contributed by atoms with Gasteiger partial charge in [0.1, 0.15) is 0 Å². The highest BCUT2D eigenvalue weighted by molar-refractivity contribution is 5.34. The van der Waals surface area contributed by atoms with Gasteiger partial charge >= 0.3 is 0 Å². The molecule has 2 N–H and O–H groups in total. The second-order valence-corrected chi connectivity index (χ2v) is 5.76. The van der Waals surface area contributed by atoms with Crippen molar-refractivity contribution in [1.29, 1.82) is 0 Å². The summed E-state index contributed by atoms with van der Waals surface area (Å²) in [6, 6.07) is 21.2. The summed E-state index contributed by atoms with van der Waals surface area (Å²) in [6.45, 7) is 3.54. The summed E-state index contributed by atoms with van der Waals surface area (Å²) in [4.78, 5) is 2.20. The van der Waals surface area contributed by atoms with Crippen LogP contribution < -0.4 is 0 Å². The fourth-order valence-electron chi connectivity index (χ4n) is 3.36. The van der Waals surface area contributed by atoms with Gasteiger partial charge in [-0.3, -0.25) is 4.90 Å². The minimum Gasteiger partial charge on any atom is -0.395 e. The number of nitrogens with zero attached hydrogens (tertiary/aromatic N) is 1. The average molecular weight is 313 g/mol. The fourth-order valence-corrected chi connectivity index (χ4v) is 3.36. The van der Waals surface area contributed by atoms with Crippen LogP contribution in [-0.2, 0) is 0 Å². The van der Waals surface area contributed by atoms with Gasteiger partial charge in [-0.05, 0) is 17.5 Å². The van der Waals surface area contributed by atoms with Crippen LogP contribution in [0.25, 0.3) is 0 Å². The Morgan fingerprint density at radius 3 is 1.57 bits per heavy atom. The summed E-state index contributed by atoms with van der Waals surface area (Å²) >= 11 is 0. The van der Waals surface area contributed by atoms with E-state index in [0.29, 0.717) is 13.1 Å². The first-order valence-electron chi connectivity index (χ1n) is 8.37. The molecule has 0 fully saturated rings. The molecule has 0 aromatic heterocycles. The van der Waals surface area contributed by atoms with Crippen LogP contribution in [0.2, 0.25) is 0 Å². The number of benzene rings is 2. The summed E-state index contributed by atoms with van der Waals surface area (Å²) < 4.78 is 0. The molecule has 0 aliphatic heterocycles. The first kappa shape index (κ1) is 17.7. The van der Waals surface area contributed by atoms with Gasteiger partial charge in [-0.2, -0.15) is 0 Å². The Morgan fingerprint density at radius 2 is 1.22 bits per heavy atom. The molecule has 1 atom stereocenters. The lowest BCUT2D eigenvalue weighted by molar-refractivity contribution is 0.111. The van der Waals surface area contributed by atoms with E-state index in [4.69, 9.17) is 0 Å². The van der Waals surface area contributed by atoms with Crippen LogP contribution in [0.3, 0.4) is 0 Å². The fraction of sp³-hybridized carbons (Fsp3) is 0.400. The monoisotopic (exact) mass is 313 g/mol. The molecule has 0 amide bonds. The molecule has 0 spiro atoms. The lowest BCUT2D eigenvalue weighted by Gasteiger charge is -2.36. The highest BCUT2D eigenvalue weighted by atomic mass is 16.3. The van der Waals surface area contributed by atoms with Gasteiger partial charge in [0.05, 0.1) is 13.2 Å². The molecule has 23 heavy (non-hydrogen) atoms. The number of rotatable bonds is 9. The second kappa shape index (κ2) is 9.46.